The van der Waals surface area contributed by atoms with E-state index in [0.29, 0.717) is 16.3 Å². The van der Waals surface area contributed by atoms with Gasteiger partial charge < -0.3 is 4.74 Å². The van der Waals surface area contributed by atoms with Crippen molar-refractivity contribution in [2.75, 3.05) is 21.3 Å². The topological polar surface area (TPSA) is 69.5 Å². The monoisotopic (exact) mass is 360 g/mol. The van der Waals surface area contributed by atoms with Crippen molar-refractivity contribution in [2.24, 2.45) is 0 Å². The van der Waals surface area contributed by atoms with Gasteiger partial charge in [0, 0.05) is 37.0 Å². The van der Waals surface area contributed by atoms with Gasteiger partial charge >= 0.3 is 0 Å². The normalized spacial score (nSPS) is 11.0. The van der Waals surface area contributed by atoms with Crippen molar-refractivity contribution in [1.29, 1.82) is 0 Å². The summed E-state index contributed by atoms with van der Waals surface area (Å²) in [5.74, 6) is -0.304. The molecule has 0 bridgehead atoms. The molecule has 0 fully saturated rings. The smallest absolute Gasteiger partial charge is 0.280 e. The Morgan fingerprint density at radius 2 is 2.12 bits per heavy atom. The number of ether oxygens (including phenoxy) is 1. The molecule has 0 N–H and O–H groups in total. The minimum absolute atomic E-state index is 0.209. The molecule has 0 saturated carbocycles. The van der Waals surface area contributed by atoms with Gasteiger partial charge in [-0.25, -0.2) is 9.75 Å². The van der Waals surface area contributed by atoms with Crippen LogP contribution in [0, 0.1) is 0 Å². The fourth-order valence-electron chi connectivity index (χ4n) is 2.51. The number of benzene rings is 1. The van der Waals surface area contributed by atoms with Crippen molar-refractivity contribution < 1.29 is 14.4 Å². The lowest BCUT2D eigenvalue weighted by Crippen LogP contribution is -2.26. The van der Waals surface area contributed by atoms with Crippen LogP contribution in [0.2, 0.25) is 5.02 Å². The van der Waals surface area contributed by atoms with Gasteiger partial charge in [0.15, 0.2) is 0 Å². The SMILES string of the molecule is COCc1nn(-c2ccnc3cc(Cl)ccc23)cc1C(=O)N(C)OC. The molecule has 0 spiro atoms. The maximum absolute atomic E-state index is 12.5. The molecule has 2 aromatic heterocycles. The van der Waals surface area contributed by atoms with E-state index in [9.17, 15) is 4.79 Å². The van der Waals surface area contributed by atoms with Crippen molar-refractivity contribution in [2.45, 2.75) is 6.61 Å². The minimum Gasteiger partial charge on any atom is -0.378 e. The van der Waals surface area contributed by atoms with Crippen molar-refractivity contribution in [3.8, 4) is 5.69 Å². The van der Waals surface area contributed by atoms with Crippen LogP contribution < -0.4 is 0 Å². The summed E-state index contributed by atoms with van der Waals surface area (Å²) in [7, 11) is 4.52. The van der Waals surface area contributed by atoms with E-state index in [-0.39, 0.29) is 12.5 Å². The van der Waals surface area contributed by atoms with Crippen LogP contribution in [0.15, 0.2) is 36.7 Å². The minimum atomic E-state index is -0.304. The molecule has 0 aliphatic heterocycles. The van der Waals surface area contributed by atoms with Gasteiger partial charge in [-0.3, -0.25) is 14.6 Å². The number of pyridine rings is 1. The van der Waals surface area contributed by atoms with Gasteiger partial charge in [-0.15, -0.1) is 0 Å². The lowest BCUT2D eigenvalue weighted by molar-refractivity contribution is -0.0758. The van der Waals surface area contributed by atoms with E-state index in [1.165, 1.54) is 7.11 Å². The first-order chi connectivity index (χ1) is 12.0. The van der Waals surface area contributed by atoms with Gasteiger partial charge in [-0.05, 0) is 24.3 Å². The van der Waals surface area contributed by atoms with E-state index < -0.39 is 0 Å². The van der Waals surface area contributed by atoms with E-state index in [1.807, 2.05) is 12.1 Å². The van der Waals surface area contributed by atoms with Crippen LogP contribution in [0.25, 0.3) is 16.6 Å². The third-order valence-electron chi connectivity index (χ3n) is 3.79. The number of fused-ring (bicyclic) bond motifs is 1. The van der Waals surface area contributed by atoms with Crippen LogP contribution in [0.3, 0.4) is 0 Å². The number of halogens is 1. The maximum Gasteiger partial charge on any atom is 0.280 e. The molecule has 1 aromatic carbocycles. The number of carbonyl (C=O) groups excluding carboxylic acids is 1. The number of nitrogens with zero attached hydrogens (tertiary/aromatic N) is 4. The summed E-state index contributed by atoms with van der Waals surface area (Å²) < 4.78 is 6.81. The second-order valence-corrected chi connectivity index (χ2v) is 5.78. The summed E-state index contributed by atoms with van der Waals surface area (Å²) in [4.78, 5) is 21.8. The second kappa shape index (κ2) is 7.18. The molecule has 0 unspecified atom stereocenters. The molecular formula is C17H17ClN4O3. The zero-order valence-electron chi connectivity index (χ0n) is 14.1. The molecule has 7 nitrogen and oxygen atoms in total. The highest BCUT2D eigenvalue weighted by molar-refractivity contribution is 6.31. The molecule has 3 rings (SSSR count). The molecule has 3 aromatic rings. The summed E-state index contributed by atoms with van der Waals surface area (Å²) in [5.41, 5.74) is 2.47. The van der Waals surface area contributed by atoms with Gasteiger partial charge in [-0.2, -0.15) is 5.10 Å². The number of hydrogen-bond donors (Lipinski definition) is 0. The average Bonchev–Trinajstić information content (AvgIpc) is 3.03. The van der Waals surface area contributed by atoms with Gasteiger partial charge in [0.05, 0.1) is 30.5 Å². The molecule has 2 heterocycles. The number of rotatable bonds is 5. The van der Waals surface area contributed by atoms with Crippen LogP contribution in [-0.4, -0.2) is 47.0 Å². The highest BCUT2D eigenvalue weighted by atomic mass is 35.5. The molecule has 25 heavy (non-hydrogen) atoms. The van der Waals surface area contributed by atoms with Crippen molar-refractivity contribution >= 4 is 28.4 Å². The number of hydroxylamine groups is 2. The molecule has 0 saturated heterocycles. The Labute approximate surface area is 149 Å². The molecule has 0 radical (unpaired) electrons. The fraction of sp³-hybridized carbons (Fsp3) is 0.235. The van der Waals surface area contributed by atoms with Gasteiger partial charge in [0.2, 0.25) is 0 Å². The molecule has 8 heteroatoms. The third kappa shape index (κ3) is 3.34. The highest BCUT2D eigenvalue weighted by Gasteiger charge is 2.21. The summed E-state index contributed by atoms with van der Waals surface area (Å²) in [6.45, 7) is 0.209. The molecule has 0 aliphatic rings. The lowest BCUT2D eigenvalue weighted by atomic mass is 10.2. The maximum atomic E-state index is 12.5. The predicted molar refractivity (Wildman–Crippen MR) is 93.7 cm³/mol. The first-order valence-corrected chi connectivity index (χ1v) is 7.87. The lowest BCUT2D eigenvalue weighted by Gasteiger charge is -2.12. The van der Waals surface area contributed by atoms with Crippen molar-refractivity contribution in [1.82, 2.24) is 19.8 Å². The van der Waals surface area contributed by atoms with Crippen LogP contribution >= 0.6 is 11.6 Å². The van der Waals surface area contributed by atoms with E-state index in [2.05, 4.69) is 10.1 Å². The summed E-state index contributed by atoms with van der Waals surface area (Å²) in [6.07, 6.45) is 3.34. The highest BCUT2D eigenvalue weighted by Crippen LogP contribution is 2.24. The quantitative estimate of drug-likeness (QED) is 0.654. The van der Waals surface area contributed by atoms with Crippen LogP contribution in [0.4, 0.5) is 0 Å². The number of carbonyl (C=O) groups is 1. The van der Waals surface area contributed by atoms with Crippen LogP contribution in [-0.2, 0) is 16.2 Å². The Kier molecular flexibility index (Phi) is 4.98. The van der Waals surface area contributed by atoms with Crippen LogP contribution in [0.5, 0.6) is 0 Å². The average molecular weight is 361 g/mol. The zero-order valence-corrected chi connectivity index (χ0v) is 14.8. The van der Waals surface area contributed by atoms with Gasteiger partial charge in [0.1, 0.15) is 5.69 Å². The second-order valence-electron chi connectivity index (χ2n) is 5.34. The van der Waals surface area contributed by atoms with E-state index in [0.717, 1.165) is 21.7 Å². The molecule has 1 amide bonds. The zero-order chi connectivity index (χ0) is 18.0. The molecule has 130 valence electrons. The Morgan fingerprint density at radius 3 is 2.84 bits per heavy atom. The van der Waals surface area contributed by atoms with Crippen molar-refractivity contribution in [3.63, 3.8) is 0 Å². The first-order valence-electron chi connectivity index (χ1n) is 7.49. The molecule has 0 aliphatic carbocycles. The number of amides is 1. The van der Waals surface area contributed by atoms with Gasteiger partial charge in [-0.1, -0.05) is 11.6 Å². The Balaban J connectivity index is 2.14. The van der Waals surface area contributed by atoms with E-state index in [1.54, 1.807) is 43.4 Å². The fourth-order valence-corrected chi connectivity index (χ4v) is 2.68. The standard InChI is InChI=1S/C17H17ClN4O3/c1-21(25-3)17(23)13-9-22(20-15(13)10-24-2)16-6-7-19-14-8-11(18)4-5-12(14)16/h4-9H,10H2,1-3H3. The Morgan fingerprint density at radius 1 is 1.32 bits per heavy atom. The first kappa shape index (κ1) is 17.3. The van der Waals surface area contributed by atoms with E-state index >= 15 is 0 Å². The molecular weight excluding hydrogens is 344 g/mol. The van der Waals surface area contributed by atoms with E-state index in [4.69, 9.17) is 21.2 Å². The summed E-state index contributed by atoms with van der Waals surface area (Å²) >= 11 is 6.04. The largest absolute Gasteiger partial charge is 0.378 e. The van der Waals surface area contributed by atoms with Crippen LogP contribution in [0.1, 0.15) is 16.1 Å². The molecule has 0 atom stereocenters. The predicted octanol–water partition coefficient (Wildman–Crippen LogP) is 2.85. The number of aromatic nitrogens is 3. The Hall–Kier alpha value is -2.48. The van der Waals surface area contributed by atoms with Crippen molar-refractivity contribution in [3.05, 3.63) is 52.9 Å². The summed E-state index contributed by atoms with van der Waals surface area (Å²) in [6, 6.07) is 7.28. The third-order valence-corrected chi connectivity index (χ3v) is 4.03. The number of hydrogen-bond acceptors (Lipinski definition) is 5. The van der Waals surface area contributed by atoms with Gasteiger partial charge in [0.25, 0.3) is 5.91 Å². The summed E-state index contributed by atoms with van der Waals surface area (Å²) in [5, 5.41) is 7.13. The Bertz CT molecular complexity index is 925. The number of methoxy groups -OCH3 is 1.